The first kappa shape index (κ1) is 12.3. The van der Waals surface area contributed by atoms with Crippen LogP contribution >= 0.6 is 11.8 Å². The molecule has 84 valence electrons. The Balaban J connectivity index is 1.93. The normalized spacial score (nSPS) is 19.5. The Bertz CT molecular complexity index is 122. The summed E-state index contributed by atoms with van der Waals surface area (Å²) in [6.07, 6.45) is 6.63. The molecule has 2 N–H and O–H groups in total. The van der Waals surface area contributed by atoms with Crippen LogP contribution in [0.1, 0.15) is 32.1 Å². The molecule has 0 atom stereocenters. The zero-order valence-electron chi connectivity index (χ0n) is 9.21. The number of nitrogens with two attached hydrogens (primary N) is 1. The molecule has 0 saturated carbocycles. The summed E-state index contributed by atoms with van der Waals surface area (Å²) in [5.74, 6) is 2.70. The lowest BCUT2D eigenvalue weighted by Crippen LogP contribution is -2.27. The molecule has 1 saturated heterocycles. The molecular formula is C11H24N2S. The maximum Gasteiger partial charge on any atom is 0.00723 e. The Labute approximate surface area is 92.6 Å². The van der Waals surface area contributed by atoms with Crippen molar-refractivity contribution in [3.8, 4) is 0 Å². The molecule has 14 heavy (non-hydrogen) atoms. The van der Waals surface area contributed by atoms with Gasteiger partial charge in [0.05, 0.1) is 0 Å². The molecule has 0 unspecified atom stereocenters. The molecule has 0 aromatic rings. The van der Waals surface area contributed by atoms with Gasteiger partial charge in [-0.3, -0.25) is 0 Å². The van der Waals surface area contributed by atoms with Gasteiger partial charge in [-0.25, -0.2) is 0 Å². The van der Waals surface area contributed by atoms with E-state index >= 15 is 0 Å². The van der Waals surface area contributed by atoms with Gasteiger partial charge in [-0.05, 0) is 44.6 Å². The number of rotatable bonds is 6. The quantitative estimate of drug-likeness (QED) is 0.688. The third kappa shape index (κ3) is 5.89. The van der Waals surface area contributed by atoms with E-state index < -0.39 is 0 Å². The Morgan fingerprint density at radius 1 is 1.00 bits per heavy atom. The van der Waals surface area contributed by atoms with Gasteiger partial charge in [-0.1, -0.05) is 12.8 Å². The zero-order valence-corrected chi connectivity index (χ0v) is 10.0. The van der Waals surface area contributed by atoms with Crippen molar-refractivity contribution >= 4 is 11.8 Å². The summed E-state index contributed by atoms with van der Waals surface area (Å²) in [4.78, 5) is 2.63. The number of hydrogen-bond acceptors (Lipinski definition) is 3. The van der Waals surface area contributed by atoms with Crippen molar-refractivity contribution in [3.63, 3.8) is 0 Å². The molecule has 1 rings (SSSR count). The van der Waals surface area contributed by atoms with Gasteiger partial charge in [0.25, 0.3) is 0 Å². The van der Waals surface area contributed by atoms with Crippen LogP contribution in [0, 0.1) is 0 Å². The van der Waals surface area contributed by atoms with Gasteiger partial charge in [0.1, 0.15) is 0 Å². The van der Waals surface area contributed by atoms with Crippen LogP contribution in [0.25, 0.3) is 0 Å². The van der Waals surface area contributed by atoms with Crippen LogP contribution in [-0.4, -0.2) is 42.6 Å². The molecule has 0 bridgehead atoms. The van der Waals surface area contributed by atoms with E-state index in [1.165, 1.54) is 63.2 Å². The summed E-state index contributed by atoms with van der Waals surface area (Å²) >= 11 is 2.11. The molecule has 1 aliphatic rings. The van der Waals surface area contributed by atoms with Crippen molar-refractivity contribution < 1.29 is 0 Å². The van der Waals surface area contributed by atoms with E-state index in [4.69, 9.17) is 5.73 Å². The lowest BCUT2D eigenvalue weighted by atomic mass is 10.2. The average molecular weight is 216 g/mol. The summed E-state index contributed by atoms with van der Waals surface area (Å²) in [5, 5.41) is 0. The second-order valence-corrected chi connectivity index (χ2v) is 5.24. The molecule has 1 heterocycles. The van der Waals surface area contributed by atoms with Crippen LogP contribution in [0.15, 0.2) is 0 Å². The van der Waals surface area contributed by atoms with Gasteiger partial charge in [0.2, 0.25) is 0 Å². The molecular weight excluding hydrogens is 192 g/mol. The molecule has 0 radical (unpaired) electrons. The van der Waals surface area contributed by atoms with Crippen molar-refractivity contribution in [2.45, 2.75) is 32.1 Å². The van der Waals surface area contributed by atoms with Crippen LogP contribution in [-0.2, 0) is 0 Å². The van der Waals surface area contributed by atoms with E-state index in [9.17, 15) is 0 Å². The predicted molar refractivity (Wildman–Crippen MR) is 65.9 cm³/mol. The average Bonchev–Trinajstić information content (AvgIpc) is 2.46. The smallest absolute Gasteiger partial charge is 0.00723 e. The minimum Gasteiger partial charge on any atom is -0.330 e. The minimum atomic E-state index is 0.861. The fourth-order valence-electron chi connectivity index (χ4n) is 1.85. The van der Waals surface area contributed by atoms with Crippen molar-refractivity contribution in [2.24, 2.45) is 5.73 Å². The number of unbranched alkanes of at least 4 members (excludes halogenated alkanes) is 3. The third-order valence-corrected chi connectivity index (χ3v) is 3.79. The van der Waals surface area contributed by atoms with Crippen molar-refractivity contribution in [2.75, 3.05) is 37.7 Å². The van der Waals surface area contributed by atoms with Gasteiger partial charge in [-0.15, -0.1) is 0 Å². The van der Waals surface area contributed by atoms with Gasteiger partial charge in [0.15, 0.2) is 0 Å². The van der Waals surface area contributed by atoms with E-state index in [2.05, 4.69) is 16.7 Å². The summed E-state index contributed by atoms with van der Waals surface area (Å²) in [7, 11) is 0. The van der Waals surface area contributed by atoms with Crippen molar-refractivity contribution in [1.29, 1.82) is 0 Å². The summed E-state index contributed by atoms with van der Waals surface area (Å²) in [6.45, 7) is 4.80. The highest BCUT2D eigenvalue weighted by Gasteiger charge is 2.07. The Morgan fingerprint density at radius 3 is 2.71 bits per heavy atom. The second kappa shape index (κ2) is 8.57. The first-order chi connectivity index (χ1) is 6.93. The zero-order chi connectivity index (χ0) is 10.1. The van der Waals surface area contributed by atoms with E-state index in [1.807, 2.05) is 0 Å². The van der Waals surface area contributed by atoms with Gasteiger partial charge in [-0.2, -0.15) is 11.8 Å². The van der Waals surface area contributed by atoms with Crippen LogP contribution < -0.4 is 5.73 Å². The fraction of sp³-hybridized carbons (Fsp3) is 1.00. The summed E-state index contributed by atoms with van der Waals surface area (Å²) in [5.41, 5.74) is 5.46. The van der Waals surface area contributed by atoms with Crippen molar-refractivity contribution in [3.05, 3.63) is 0 Å². The molecule has 3 heteroatoms. The highest BCUT2D eigenvalue weighted by atomic mass is 32.2. The topological polar surface area (TPSA) is 29.3 Å². The Morgan fingerprint density at radius 2 is 1.86 bits per heavy atom. The molecule has 0 aromatic carbocycles. The molecule has 0 spiro atoms. The van der Waals surface area contributed by atoms with Crippen LogP contribution in [0.2, 0.25) is 0 Å². The van der Waals surface area contributed by atoms with Gasteiger partial charge >= 0.3 is 0 Å². The lowest BCUT2D eigenvalue weighted by Gasteiger charge is -2.18. The van der Waals surface area contributed by atoms with Crippen LogP contribution in [0.3, 0.4) is 0 Å². The lowest BCUT2D eigenvalue weighted by molar-refractivity contribution is 0.288. The van der Waals surface area contributed by atoms with Crippen molar-refractivity contribution in [1.82, 2.24) is 4.90 Å². The molecule has 1 aliphatic heterocycles. The number of thioether (sulfide) groups is 1. The number of nitrogens with zero attached hydrogens (tertiary/aromatic N) is 1. The molecule has 1 fully saturated rings. The van der Waals surface area contributed by atoms with Gasteiger partial charge < -0.3 is 10.6 Å². The molecule has 0 aliphatic carbocycles. The van der Waals surface area contributed by atoms with E-state index in [1.54, 1.807) is 0 Å². The summed E-state index contributed by atoms with van der Waals surface area (Å²) < 4.78 is 0. The minimum absolute atomic E-state index is 0.861. The maximum absolute atomic E-state index is 5.46. The Kier molecular flexibility index (Phi) is 7.55. The number of hydrogen-bond donors (Lipinski definition) is 1. The summed E-state index contributed by atoms with van der Waals surface area (Å²) in [6, 6.07) is 0. The molecule has 2 nitrogen and oxygen atoms in total. The first-order valence-electron chi connectivity index (χ1n) is 5.93. The standard InChI is InChI=1S/C11H24N2S/c12-6-3-1-2-4-7-13-8-5-10-14-11-9-13/h1-12H2. The SMILES string of the molecule is NCCCCCCN1CCCSCC1. The van der Waals surface area contributed by atoms with E-state index in [-0.39, 0.29) is 0 Å². The first-order valence-corrected chi connectivity index (χ1v) is 7.09. The van der Waals surface area contributed by atoms with Gasteiger partial charge in [0, 0.05) is 12.3 Å². The van der Waals surface area contributed by atoms with E-state index in [0.29, 0.717) is 0 Å². The monoisotopic (exact) mass is 216 g/mol. The van der Waals surface area contributed by atoms with E-state index in [0.717, 1.165) is 6.54 Å². The molecule has 0 amide bonds. The van der Waals surface area contributed by atoms with Crippen LogP contribution in [0.5, 0.6) is 0 Å². The molecule has 0 aromatic heterocycles. The third-order valence-electron chi connectivity index (χ3n) is 2.74. The highest BCUT2D eigenvalue weighted by Crippen LogP contribution is 2.11. The Hall–Kier alpha value is 0.270. The second-order valence-electron chi connectivity index (χ2n) is 4.01. The predicted octanol–water partition coefficient (Wildman–Crippen LogP) is 1.94. The fourth-order valence-corrected chi connectivity index (χ4v) is 2.78. The maximum atomic E-state index is 5.46. The highest BCUT2D eigenvalue weighted by molar-refractivity contribution is 7.99. The van der Waals surface area contributed by atoms with Crippen LogP contribution in [0.4, 0.5) is 0 Å². The largest absolute Gasteiger partial charge is 0.330 e.